The van der Waals surface area contributed by atoms with Gasteiger partial charge in [-0.15, -0.1) is 24.0 Å². The van der Waals surface area contributed by atoms with Gasteiger partial charge in [0.25, 0.3) is 0 Å². The van der Waals surface area contributed by atoms with Crippen LogP contribution in [0.3, 0.4) is 0 Å². The number of aliphatic imine (C=N–C) groups is 1. The number of halogens is 2. The summed E-state index contributed by atoms with van der Waals surface area (Å²) in [6.45, 7) is 6.54. The molecular weight excluding hydrogens is 525 g/mol. The van der Waals surface area contributed by atoms with Gasteiger partial charge in [-0.3, -0.25) is 0 Å². The third-order valence-corrected chi connectivity index (χ3v) is 4.57. The summed E-state index contributed by atoms with van der Waals surface area (Å²) in [7, 11) is 1.68. The first-order valence-corrected chi connectivity index (χ1v) is 10.1. The highest BCUT2D eigenvalue weighted by atomic mass is 127. The second-order valence-corrected chi connectivity index (χ2v) is 7.06. The summed E-state index contributed by atoms with van der Waals surface area (Å²) < 4.78 is 17.7. The number of hydrogen-bond acceptors (Lipinski definition) is 4. The standard InChI is InChI=1S/C19H30BrN3O3.HI/c1-3-21-19(22-9-5-10-25-14-17-6-4-11-26-17)23-13-15-12-16(20)7-8-18(15)24-2;/h7-8,12,17H,3-6,9-11,13-14H2,1-2H3,(H2,21,22,23);1H. The molecule has 1 saturated heterocycles. The molecule has 0 saturated carbocycles. The normalized spacial score (nSPS) is 16.7. The maximum atomic E-state index is 5.69. The van der Waals surface area contributed by atoms with Gasteiger partial charge < -0.3 is 24.8 Å². The highest BCUT2D eigenvalue weighted by Crippen LogP contribution is 2.23. The van der Waals surface area contributed by atoms with Crippen LogP contribution in [0.2, 0.25) is 0 Å². The van der Waals surface area contributed by atoms with Crippen LogP contribution in [0, 0.1) is 0 Å². The fraction of sp³-hybridized carbons (Fsp3) is 0.632. The van der Waals surface area contributed by atoms with E-state index in [0.29, 0.717) is 19.3 Å². The molecule has 0 amide bonds. The van der Waals surface area contributed by atoms with Crippen molar-refractivity contribution in [1.29, 1.82) is 0 Å². The molecule has 1 aliphatic rings. The molecule has 0 bridgehead atoms. The third kappa shape index (κ3) is 9.45. The summed E-state index contributed by atoms with van der Waals surface area (Å²) in [5.41, 5.74) is 1.04. The summed E-state index contributed by atoms with van der Waals surface area (Å²) in [6.07, 6.45) is 3.49. The molecule has 154 valence electrons. The SMILES string of the molecule is CCNC(=NCc1cc(Br)ccc1OC)NCCCOCC1CCCO1.I. The van der Waals surface area contributed by atoms with Crippen LogP contribution in [0.5, 0.6) is 5.75 Å². The first-order chi connectivity index (χ1) is 12.7. The van der Waals surface area contributed by atoms with Crippen molar-refractivity contribution < 1.29 is 14.2 Å². The average Bonchev–Trinajstić information content (AvgIpc) is 3.16. The van der Waals surface area contributed by atoms with E-state index in [4.69, 9.17) is 14.2 Å². The largest absolute Gasteiger partial charge is 0.496 e. The zero-order chi connectivity index (χ0) is 18.6. The van der Waals surface area contributed by atoms with E-state index in [2.05, 4.69) is 38.5 Å². The number of nitrogens with one attached hydrogen (secondary N) is 2. The van der Waals surface area contributed by atoms with E-state index >= 15 is 0 Å². The van der Waals surface area contributed by atoms with Gasteiger partial charge in [-0.1, -0.05) is 15.9 Å². The second kappa shape index (κ2) is 14.4. The molecule has 8 heteroatoms. The molecule has 0 spiro atoms. The van der Waals surface area contributed by atoms with Crippen molar-refractivity contribution >= 4 is 45.9 Å². The van der Waals surface area contributed by atoms with E-state index in [-0.39, 0.29) is 24.0 Å². The molecule has 1 heterocycles. The fourth-order valence-corrected chi connectivity index (χ4v) is 3.16. The predicted molar refractivity (Wildman–Crippen MR) is 123 cm³/mol. The lowest BCUT2D eigenvalue weighted by Gasteiger charge is -2.13. The van der Waals surface area contributed by atoms with Crippen LogP contribution in [0.4, 0.5) is 0 Å². The van der Waals surface area contributed by atoms with Gasteiger partial charge in [0.1, 0.15) is 5.75 Å². The molecule has 1 aromatic rings. The number of benzene rings is 1. The Morgan fingerprint density at radius 3 is 2.93 bits per heavy atom. The van der Waals surface area contributed by atoms with Gasteiger partial charge in [0, 0.05) is 36.3 Å². The van der Waals surface area contributed by atoms with Gasteiger partial charge >= 0.3 is 0 Å². The van der Waals surface area contributed by atoms with Gasteiger partial charge in [0.15, 0.2) is 5.96 Å². The number of methoxy groups -OCH3 is 1. The molecule has 0 radical (unpaired) electrons. The Labute approximate surface area is 188 Å². The molecule has 2 N–H and O–H groups in total. The van der Waals surface area contributed by atoms with Gasteiger partial charge in [0.2, 0.25) is 0 Å². The molecule has 27 heavy (non-hydrogen) atoms. The Morgan fingerprint density at radius 1 is 1.37 bits per heavy atom. The van der Waals surface area contributed by atoms with Crippen molar-refractivity contribution in [3.8, 4) is 5.75 Å². The summed E-state index contributed by atoms with van der Waals surface area (Å²) in [4.78, 5) is 4.65. The summed E-state index contributed by atoms with van der Waals surface area (Å²) in [5, 5.41) is 6.61. The van der Waals surface area contributed by atoms with E-state index < -0.39 is 0 Å². The molecule has 2 rings (SSSR count). The van der Waals surface area contributed by atoms with Crippen LogP contribution in [-0.2, 0) is 16.0 Å². The first-order valence-electron chi connectivity index (χ1n) is 9.27. The number of rotatable bonds is 10. The number of ether oxygens (including phenoxy) is 3. The molecule has 6 nitrogen and oxygen atoms in total. The lowest BCUT2D eigenvalue weighted by Crippen LogP contribution is -2.38. The van der Waals surface area contributed by atoms with E-state index in [1.807, 2.05) is 18.2 Å². The Bertz CT molecular complexity index is 569. The Balaban J connectivity index is 0.00000364. The first kappa shape index (κ1) is 24.5. The predicted octanol–water partition coefficient (Wildman–Crippen LogP) is 3.72. The van der Waals surface area contributed by atoms with Gasteiger partial charge in [-0.25, -0.2) is 4.99 Å². The van der Waals surface area contributed by atoms with Gasteiger partial charge in [-0.05, 0) is 44.4 Å². The maximum absolute atomic E-state index is 5.69. The zero-order valence-electron chi connectivity index (χ0n) is 16.1. The maximum Gasteiger partial charge on any atom is 0.191 e. The van der Waals surface area contributed by atoms with E-state index in [1.54, 1.807) is 7.11 Å². The monoisotopic (exact) mass is 555 g/mol. The quantitative estimate of drug-likeness (QED) is 0.199. The van der Waals surface area contributed by atoms with Crippen LogP contribution in [0.1, 0.15) is 31.7 Å². The van der Waals surface area contributed by atoms with Crippen LogP contribution in [-0.4, -0.2) is 52.1 Å². The third-order valence-electron chi connectivity index (χ3n) is 4.08. The minimum Gasteiger partial charge on any atom is -0.496 e. The van der Waals surface area contributed by atoms with Gasteiger partial charge in [0.05, 0.1) is 26.4 Å². The van der Waals surface area contributed by atoms with Crippen LogP contribution >= 0.6 is 39.9 Å². The van der Waals surface area contributed by atoms with E-state index in [0.717, 1.165) is 67.3 Å². The van der Waals surface area contributed by atoms with Crippen molar-refractivity contribution in [1.82, 2.24) is 10.6 Å². The van der Waals surface area contributed by atoms with Crippen LogP contribution in [0.25, 0.3) is 0 Å². The Morgan fingerprint density at radius 2 is 2.22 bits per heavy atom. The number of hydrogen-bond donors (Lipinski definition) is 2. The van der Waals surface area contributed by atoms with Gasteiger partial charge in [-0.2, -0.15) is 0 Å². The lowest BCUT2D eigenvalue weighted by molar-refractivity contribution is 0.0168. The molecule has 0 aromatic heterocycles. The molecule has 1 aromatic carbocycles. The lowest BCUT2D eigenvalue weighted by atomic mass is 10.2. The van der Waals surface area contributed by atoms with Crippen molar-refractivity contribution in [3.63, 3.8) is 0 Å². The van der Waals surface area contributed by atoms with Crippen molar-refractivity contribution in [3.05, 3.63) is 28.2 Å². The molecule has 1 unspecified atom stereocenters. The fourth-order valence-electron chi connectivity index (χ4n) is 2.75. The van der Waals surface area contributed by atoms with Crippen molar-refractivity contribution in [2.45, 2.75) is 38.8 Å². The average molecular weight is 556 g/mol. The van der Waals surface area contributed by atoms with Crippen molar-refractivity contribution in [2.75, 3.05) is 40.0 Å². The highest BCUT2D eigenvalue weighted by Gasteiger charge is 2.14. The Hall–Kier alpha value is -0.580. The summed E-state index contributed by atoms with van der Waals surface area (Å²) in [6, 6.07) is 5.94. The minimum absolute atomic E-state index is 0. The molecule has 0 aliphatic carbocycles. The van der Waals surface area contributed by atoms with E-state index in [9.17, 15) is 0 Å². The minimum atomic E-state index is 0. The summed E-state index contributed by atoms with van der Waals surface area (Å²) >= 11 is 3.50. The molecule has 1 aliphatic heterocycles. The highest BCUT2D eigenvalue weighted by molar-refractivity contribution is 14.0. The molecule has 1 atom stereocenters. The smallest absolute Gasteiger partial charge is 0.191 e. The molecular formula is C19H31BrIN3O3. The molecule has 1 fully saturated rings. The number of nitrogens with zero attached hydrogens (tertiary/aromatic N) is 1. The van der Waals surface area contributed by atoms with E-state index in [1.165, 1.54) is 0 Å². The second-order valence-electron chi connectivity index (χ2n) is 6.14. The van der Waals surface area contributed by atoms with Crippen molar-refractivity contribution in [2.24, 2.45) is 4.99 Å². The van der Waals surface area contributed by atoms with Crippen LogP contribution < -0.4 is 15.4 Å². The van der Waals surface area contributed by atoms with Crippen LogP contribution in [0.15, 0.2) is 27.7 Å². The zero-order valence-corrected chi connectivity index (χ0v) is 20.0. The summed E-state index contributed by atoms with van der Waals surface area (Å²) in [5.74, 6) is 1.64. The number of guanidine groups is 1. The topological polar surface area (TPSA) is 64.1 Å². The Kier molecular flexibility index (Phi) is 13.1.